The van der Waals surface area contributed by atoms with Gasteiger partial charge in [0.15, 0.2) is 0 Å². The minimum Gasteiger partial charge on any atom is -0.381 e. The zero-order valence-corrected chi connectivity index (χ0v) is 7.80. The van der Waals surface area contributed by atoms with Crippen molar-refractivity contribution in [1.82, 2.24) is 5.32 Å². The Kier molecular flexibility index (Phi) is 2.32. The molecule has 0 aromatic heterocycles. The lowest BCUT2D eigenvalue weighted by Gasteiger charge is -2.16. The van der Waals surface area contributed by atoms with Gasteiger partial charge in [0.25, 0.3) is 0 Å². The highest BCUT2D eigenvalue weighted by molar-refractivity contribution is 5.72. The number of fused-ring (bicyclic) bond motifs is 1. The summed E-state index contributed by atoms with van der Waals surface area (Å²) >= 11 is 0. The Bertz CT molecular complexity index is 329. The van der Waals surface area contributed by atoms with Crippen molar-refractivity contribution in [1.29, 1.82) is 0 Å². The Morgan fingerprint density at radius 3 is 3.23 bits per heavy atom. The molecule has 0 bridgehead atoms. The molecule has 1 aliphatic heterocycles. The van der Waals surface area contributed by atoms with E-state index in [1.165, 1.54) is 16.8 Å². The van der Waals surface area contributed by atoms with E-state index in [4.69, 9.17) is 0 Å². The second-order valence-electron chi connectivity index (χ2n) is 3.19. The molecule has 0 amide bonds. The van der Waals surface area contributed by atoms with Crippen LogP contribution < -0.4 is 10.6 Å². The topological polar surface area (TPSA) is 24.1 Å². The molecule has 0 radical (unpaired) electrons. The average molecular weight is 174 g/mol. The molecule has 2 nitrogen and oxygen atoms in total. The van der Waals surface area contributed by atoms with E-state index >= 15 is 0 Å². The number of benzene rings is 1. The van der Waals surface area contributed by atoms with E-state index in [0.29, 0.717) is 0 Å². The third kappa shape index (κ3) is 1.58. The summed E-state index contributed by atoms with van der Waals surface area (Å²) in [5.74, 6) is 0. The van der Waals surface area contributed by atoms with E-state index in [9.17, 15) is 0 Å². The quantitative estimate of drug-likeness (QED) is 0.715. The van der Waals surface area contributed by atoms with E-state index < -0.39 is 0 Å². The van der Waals surface area contributed by atoms with Crippen molar-refractivity contribution in [2.75, 3.05) is 18.9 Å². The standard InChI is InChI=1S/C11H14N2/c1-12-8-9-4-2-6-11-10(9)5-3-7-13-11/h2-6,12-13H,7-8H2,1H3. The van der Waals surface area contributed by atoms with Crippen LogP contribution in [0.5, 0.6) is 0 Å². The Balaban J connectivity index is 2.42. The third-order valence-electron chi connectivity index (χ3n) is 2.26. The highest BCUT2D eigenvalue weighted by Crippen LogP contribution is 2.23. The molecule has 1 aliphatic rings. The van der Waals surface area contributed by atoms with Crippen molar-refractivity contribution in [3.63, 3.8) is 0 Å². The van der Waals surface area contributed by atoms with Gasteiger partial charge in [-0.1, -0.05) is 24.3 Å². The van der Waals surface area contributed by atoms with Crippen LogP contribution >= 0.6 is 0 Å². The molecule has 0 aliphatic carbocycles. The average Bonchev–Trinajstić information content (AvgIpc) is 2.19. The van der Waals surface area contributed by atoms with Crippen LogP contribution in [0.15, 0.2) is 24.3 Å². The summed E-state index contributed by atoms with van der Waals surface area (Å²) in [7, 11) is 1.97. The summed E-state index contributed by atoms with van der Waals surface area (Å²) in [5, 5.41) is 6.52. The fourth-order valence-corrected chi connectivity index (χ4v) is 1.65. The van der Waals surface area contributed by atoms with Crippen LogP contribution in [0.2, 0.25) is 0 Å². The zero-order chi connectivity index (χ0) is 9.10. The molecule has 0 atom stereocenters. The minimum absolute atomic E-state index is 0.926. The Hall–Kier alpha value is -1.28. The maximum absolute atomic E-state index is 3.35. The molecular weight excluding hydrogens is 160 g/mol. The molecular formula is C11H14N2. The van der Waals surface area contributed by atoms with E-state index in [1.807, 2.05) is 7.05 Å². The third-order valence-corrected chi connectivity index (χ3v) is 2.26. The molecule has 0 saturated heterocycles. The van der Waals surface area contributed by atoms with Gasteiger partial charge < -0.3 is 10.6 Å². The van der Waals surface area contributed by atoms with E-state index in [2.05, 4.69) is 41.0 Å². The van der Waals surface area contributed by atoms with Gasteiger partial charge in [-0.2, -0.15) is 0 Å². The second kappa shape index (κ2) is 3.62. The molecule has 0 fully saturated rings. The smallest absolute Gasteiger partial charge is 0.0419 e. The molecule has 0 spiro atoms. The van der Waals surface area contributed by atoms with Crippen LogP contribution in [0.4, 0.5) is 5.69 Å². The molecule has 2 rings (SSSR count). The fourth-order valence-electron chi connectivity index (χ4n) is 1.65. The lowest BCUT2D eigenvalue weighted by Crippen LogP contribution is -2.10. The van der Waals surface area contributed by atoms with Crippen LogP contribution in [0.25, 0.3) is 6.08 Å². The minimum atomic E-state index is 0.926. The van der Waals surface area contributed by atoms with Gasteiger partial charge in [-0.05, 0) is 18.7 Å². The summed E-state index contributed by atoms with van der Waals surface area (Å²) in [4.78, 5) is 0. The van der Waals surface area contributed by atoms with Crippen LogP contribution in [0.3, 0.4) is 0 Å². The first-order valence-corrected chi connectivity index (χ1v) is 4.58. The molecule has 1 heterocycles. The van der Waals surface area contributed by atoms with E-state index in [1.54, 1.807) is 0 Å². The van der Waals surface area contributed by atoms with Gasteiger partial charge in [-0.15, -0.1) is 0 Å². The normalized spacial score (nSPS) is 13.6. The highest BCUT2D eigenvalue weighted by Gasteiger charge is 2.06. The van der Waals surface area contributed by atoms with Crippen molar-refractivity contribution in [3.05, 3.63) is 35.4 Å². The molecule has 1 aromatic carbocycles. The Morgan fingerprint density at radius 2 is 2.38 bits per heavy atom. The molecule has 0 unspecified atom stereocenters. The van der Waals surface area contributed by atoms with Crippen molar-refractivity contribution in [2.45, 2.75) is 6.54 Å². The first-order chi connectivity index (χ1) is 6.42. The predicted octanol–water partition coefficient (Wildman–Crippen LogP) is 1.84. The molecule has 68 valence electrons. The molecule has 2 N–H and O–H groups in total. The van der Waals surface area contributed by atoms with Crippen LogP contribution in [0.1, 0.15) is 11.1 Å². The molecule has 2 heteroatoms. The summed E-state index contributed by atoms with van der Waals surface area (Å²) in [6, 6.07) is 6.38. The van der Waals surface area contributed by atoms with Crippen LogP contribution in [0, 0.1) is 0 Å². The van der Waals surface area contributed by atoms with Crippen molar-refractivity contribution < 1.29 is 0 Å². The van der Waals surface area contributed by atoms with Gasteiger partial charge in [0.1, 0.15) is 0 Å². The highest BCUT2D eigenvalue weighted by atomic mass is 14.9. The van der Waals surface area contributed by atoms with Gasteiger partial charge in [-0.3, -0.25) is 0 Å². The summed E-state index contributed by atoms with van der Waals surface area (Å²) in [6.45, 7) is 1.87. The lowest BCUT2D eigenvalue weighted by molar-refractivity contribution is 0.816. The zero-order valence-electron chi connectivity index (χ0n) is 7.80. The maximum Gasteiger partial charge on any atom is 0.0419 e. The van der Waals surface area contributed by atoms with Gasteiger partial charge in [0.2, 0.25) is 0 Å². The fraction of sp³-hybridized carbons (Fsp3) is 0.273. The molecule has 0 saturated carbocycles. The summed E-state index contributed by atoms with van der Waals surface area (Å²) in [6.07, 6.45) is 4.35. The second-order valence-corrected chi connectivity index (χ2v) is 3.19. The number of anilines is 1. The number of hydrogen-bond acceptors (Lipinski definition) is 2. The first kappa shape index (κ1) is 8.32. The number of hydrogen-bond donors (Lipinski definition) is 2. The van der Waals surface area contributed by atoms with Gasteiger partial charge >= 0.3 is 0 Å². The first-order valence-electron chi connectivity index (χ1n) is 4.58. The van der Waals surface area contributed by atoms with Crippen LogP contribution in [-0.4, -0.2) is 13.6 Å². The van der Waals surface area contributed by atoms with Crippen molar-refractivity contribution in [2.24, 2.45) is 0 Å². The van der Waals surface area contributed by atoms with Gasteiger partial charge in [0.05, 0.1) is 0 Å². The van der Waals surface area contributed by atoms with Crippen molar-refractivity contribution >= 4 is 11.8 Å². The van der Waals surface area contributed by atoms with Gasteiger partial charge in [-0.25, -0.2) is 0 Å². The van der Waals surface area contributed by atoms with Crippen molar-refractivity contribution in [3.8, 4) is 0 Å². The van der Waals surface area contributed by atoms with Gasteiger partial charge in [0, 0.05) is 24.3 Å². The Morgan fingerprint density at radius 1 is 1.46 bits per heavy atom. The summed E-state index contributed by atoms with van der Waals surface area (Å²) in [5.41, 5.74) is 3.92. The molecule has 13 heavy (non-hydrogen) atoms. The largest absolute Gasteiger partial charge is 0.381 e. The molecule has 1 aromatic rings. The maximum atomic E-state index is 3.35. The van der Waals surface area contributed by atoms with Crippen LogP contribution in [-0.2, 0) is 6.54 Å². The monoisotopic (exact) mass is 174 g/mol. The summed E-state index contributed by atoms with van der Waals surface area (Å²) < 4.78 is 0. The number of nitrogens with one attached hydrogen (secondary N) is 2. The number of rotatable bonds is 2. The predicted molar refractivity (Wildman–Crippen MR) is 56.7 cm³/mol. The Labute approximate surface area is 78.7 Å². The lowest BCUT2D eigenvalue weighted by atomic mass is 10.0. The van der Waals surface area contributed by atoms with E-state index in [-0.39, 0.29) is 0 Å². The van der Waals surface area contributed by atoms with E-state index in [0.717, 1.165) is 13.1 Å². The SMILES string of the molecule is CNCc1cccc2c1C=CCN2.